The minimum atomic E-state index is 0.0763. The van der Waals surface area contributed by atoms with Crippen LogP contribution in [-0.2, 0) is 5.41 Å². The third kappa shape index (κ3) is 4.97. The molecule has 0 amide bonds. The highest BCUT2D eigenvalue weighted by Gasteiger charge is 2.33. The summed E-state index contributed by atoms with van der Waals surface area (Å²) >= 11 is 0. The van der Waals surface area contributed by atoms with Crippen LogP contribution in [0.4, 0.5) is 0 Å². The Morgan fingerprint density at radius 3 is 2.13 bits per heavy atom. The number of benzene rings is 1. The van der Waals surface area contributed by atoms with Gasteiger partial charge in [-0.15, -0.1) is 0 Å². The highest BCUT2D eigenvalue weighted by molar-refractivity contribution is 5.41. The zero-order valence-electron chi connectivity index (χ0n) is 16.3. The van der Waals surface area contributed by atoms with E-state index >= 15 is 0 Å². The van der Waals surface area contributed by atoms with Gasteiger partial charge in [-0.2, -0.15) is 0 Å². The van der Waals surface area contributed by atoms with Crippen molar-refractivity contribution in [1.82, 2.24) is 4.90 Å². The van der Waals surface area contributed by atoms with Crippen LogP contribution in [0.5, 0.6) is 5.75 Å². The first-order valence-electron chi connectivity index (χ1n) is 9.33. The predicted octanol–water partition coefficient (Wildman–Crippen LogP) is 5.66. The SMILES string of the molecule is CCCC(CC)(CCN(C(C)C)C(C)C)c1cc(C)ccc1O. The summed E-state index contributed by atoms with van der Waals surface area (Å²) in [7, 11) is 0. The van der Waals surface area contributed by atoms with E-state index in [0.29, 0.717) is 17.8 Å². The molecule has 1 rings (SSSR count). The fourth-order valence-corrected chi connectivity index (χ4v) is 3.95. The van der Waals surface area contributed by atoms with E-state index in [0.717, 1.165) is 37.8 Å². The number of rotatable bonds is 9. The van der Waals surface area contributed by atoms with Gasteiger partial charge in [-0.1, -0.05) is 38.0 Å². The Balaban J connectivity index is 3.14. The van der Waals surface area contributed by atoms with Gasteiger partial charge in [-0.3, -0.25) is 4.90 Å². The molecule has 0 aliphatic rings. The fourth-order valence-electron chi connectivity index (χ4n) is 3.95. The lowest BCUT2D eigenvalue weighted by Crippen LogP contribution is -2.41. The van der Waals surface area contributed by atoms with E-state index in [9.17, 15) is 5.11 Å². The van der Waals surface area contributed by atoms with Gasteiger partial charge in [0.2, 0.25) is 0 Å². The quantitative estimate of drug-likeness (QED) is 0.635. The lowest BCUT2D eigenvalue weighted by atomic mass is 9.71. The van der Waals surface area contributed by atoms with E-state index in [4.69, 9.17) is 0 Å². The van der Waals surface area contributed by atoms with Crippen molar-refractivity contribution in [3.63, 3.8) is 0 Å². The van der Waals surface area contributed by atoms with E-state index < -0.39 is 0 Å². The summed E-state index contributed by atoms with van der Waals surface area (Å²) in [5.41, 5.74) is 2.46. The van der Waals surface area contributed by atoms with E-state index in [1.165, 1.54) is 5.56 Å². The van der Waals surface area contributed by atoms with Gasteiger partial charge in [0, 0.05) is 17.6 Å². The maximum Gasteiger partial charge on any atom is 0.119 e. The monoisotopic (exact) mass is 319 g/mol. The van der Waals surface area contributed by atoms with E-state index in [1.807, 2.05) is 12.1 Å². The second-order valence-electron chi connectivity index (χ2n) is 7.58. The predicted molar refractivity (Wildman–Crippen MR) is 101 cm³/mol. The first-order chi connectivity index (χ1) is 10.8. The molecule has 0 bridgehead atoms. The molecule has 0 radical (unpaired) electrons. The van der Waals surface area contributed by atoms with Crippen LogP contribution in [0.3, 0.4) is 0 Å². The number of hydrogen-bond acceptors (Lipinski definition) is 2. The number of phenols is 1. The molecule has 0 saturated heterocycles. The summed E-state index contributed by atoms with van der Waals surface area (Å²) < 4.78 is 0. The highest BCUT2D eigenvalue weighted by Crippen LogP contribution is 2.41. The lowest BCUT2D eigenvalue weighted by molar-refractivity contribution is 0.151. The van der Waals surface area contributed by atoms with Crippen LogP contribution >= 0.6 is 0 Å². The van der Waals surface area contributed by atoms with Crippen LogP contribution in [0.15, 0.2) is 18.2 Å². The summed E-state index contributed by atoms with van der Waals surface area (Å²) in [6.07, 6.45) is 4.45. The summed E-state index contributed by atoms with van der Waals surface area (Å²) in [4.78, 5) is 2.56. The molecular weight excluding hydrogens is 282 g/mol. The Morgan fingerprint density at radius 1 is 1.04 bits per heavy atom. The molecule has 2 heteroatoms. The van der Waals surface area contributed by atoms with Crippen molar-refractivity contribution >= 4 is 0 Å². The summed E-state index contributed by atoms with van der Waals surface area (Å²) in [6.45, 7) is 16.8. The minimum Gasteiger partial charge on any atom is -0.508 e. The van der Waals surface area contributed by atoms with Crippen molar-refractivity contribution in [3.05, 3.63) is 29.3 Å². The number of hydrogen-bond donors (Lipinski definition) is 1. The summed E-state index contributed by atoms with van der Waals surface area (Å²) in [5.74, 6) is 0.464. The standard InChI is InChI=1S/C21H37NO/c1-8-12-21(9-2,13-14-22(16(3)4)17(5)6)19-15-18(7)10-11-20(19)23/h10-11,15-17,23H,8-9,12-14H2,1-7H3. The van der Waals surface area contributed by atoms with Crippen molar-refractivity contribution in [1.29, 1.82) is 0 Å². The van der Waals surface area contributed by atoms with Crippen LogP contribution in [0.2, 0.25) is 0 Å². The molecule has 0 fully saturated rings. The van der Waals surface area contributed by atoms with Crippen molar-refractivity contribution in [2.45, 2.75) is 91.6 Å². The van der Waals surface area contributed by atoms with Crippen LogP contribution in [0.25, 0.3) is 0 Å². The average molecular weight is 320 g/mol. The smallest absolute Gasteiger partial charge is 0.119 e. The Bertz CT molecular complexity index is 473. The molecule has 1 aromatic carbocycles. The largest absolute Gasteiger partial charge is 0.508 e. The third-order valence-corrected chi connectivity index (χ3v) is 5.30. The van der Waals surface area contributed by atoms with Gasteiger partial charge >= 0.3 is 0 Å². The first-order valence-corrected chi connectivity index (χ1v) is 9.33. The first kappa shape index (κ1) is 20.0. The molecule has 132 valence electrons. The second kappa shape index (κ2) is 8.73. The number of nitrogens with zero attached hydrogens (tertiary/aromatic N) is 1. The van der Waals surface area contributed by atoms with Crippen LogP contribution in [0, 0.1) is 6.92 Å². The number of aromatic hydroxyl groups is 1. The van der Waals surface area contributed by atoms with Gasteiger partial charge in [0.25, 0.3) is 0 Å². The normalized spacial score (nSPS) is 14.7. The topological polar surface area (TPSA) is 23.5 Å². The average Bonchev–Trinajstić information content (AvgIpc) is 2.48. The molecule has 0 aliphatic carbocycles. The molecule has 1 unspecified atom stereocenters. The summed E-state index contributed by atoms with van der Waals surface area (Å²) in [6, 6.07) is 7.17. The molecule has 1 aromatic rings. The van der Waals surface area contributed by atoms with Gasteiger partial charge in [0.05, 0.1) is 0 Å². The van der Waals surface area contributed by atoms with Gasteiger partial charge in [-0.25, -0.2) is 0 Å². The zero-order chi connectivity index (χ0) is 17.6. The Labute approximate surface area is 143 Å². The molecule has 2 nitrogen and oxygen atoms in total. The third-order valence-electron chi connectivity index (χ3n) is 5.30. The Morgan fingerprint density at radius 2 is 1.65 bits per heavy atom. The zero-order valence-corrected chi connectivity index (χ0v) is 16.3. The van der Waals surface area contributed by atoms with Gasteiger partial charge in [0.1, 0.15) is 5.75 Å². The maximum atomic E-state index is 10.5. The summed E-state index contributed by atoms with van der Waals surface area (Å²) in [5, 5.41) is 10.5. The van der Waals surface area contributed by atoms with Crippen LogP contribution in [-0.4, -0.2) is 28.6 Å². The van der Waals surface area contributed by atoms with Gasteiger partial charge in [-0.05, 0) is 71.9 Å². The molecule has 0 heterocycles. The fraction of sp³-hybridized carbons (Fsp3) is 0.714. The minimum absolute atomic E-state index is 0.0763. The Kier molecular flexibility index (Phi) is 7.60. The molecule has 0 aromatic heterocycles. The molecule has 0 spiro atoms. The second-order valence-corrected chi connectivity index (χ2v) is 7.58. The molecular formula is C21H37NO. The molecule has 1 atom stereocenters. The number of phenolic OH excluding ortho intramolecular Hbond substituents is 1. The molecule has 0 aliphatic heterocycles. The van der Waals surface area contributed by atoms with Crippen LogP contribution in [0.1, 0.15) is 78.4 Å². The number of aryl methyl sites for hydroxylation is 1. The van der Waals surface area contributed by atoms with E-state index in [1.54, 1.807) is 0 Å². The van der Waals surface area contributed by atoms with Crippen LogP contribution < -0.4 is 0 Å². The molecule has 1 N–H and O–H groups in total. The van der Waals surface area contributed by atoms with Gasteiger partial charge < -0.3 is 5.11 Å². The van der Waals surface area contributed by atoms with Gasteiger partial charge in [0.15, 0.2) is 0 Å². The van der Waals surface area contributed by atoms with Crippen molar-refractivity contribution in [2.75, 3.05) is 6.54 Å². The molecule has 23 heavy (non-hydrogen) atoms. The maximum absolute atomic E-state index is 10.5. The van der Waals surface area contributed by atoms with Crippen molar-refractivity contribution in [2.24, 2.45) is 0 Å². The van der Waals surface area contributed by atoms with E-state index in [-0.39, 0.29) is 5.41 Å². The van der Waals surface area contributed by atoms with E-state index in [2.05, 4.69) is 59.4 Å². The highest BCUT2D eigenvalue weighted by atomic mass is 16.3. The van der Waals surface area contributed by atoms with Crippen molar-refractivity contribution < 1.29 is 5.11 Å². The Hall–Kier alpha value is -1.02. The lowest BCUT2D eigenvalue weighted by Gasteiger charge is -2.38. The van der Waals surface area contributed by atoms with Crippen molar-refractivity contribution in [3.8, 4) is 5.75 Å². The molecule has 0 saturated carbocycles.